The number of Topliss-reactive ketones (excluding diaryl/α,β-unsaturated/α-hetero) is 1. The number of ketones is 1. The third-order valence-electron chi connectivity index (χ3n) is 7.66. The van der Waals surface area contributed by atoms with E-state index in [4.69, 9.17) is 22.1 Å². The van der Waals surface area contributed by atoms with Crippen LogP contribution in [0, 0.1) is 25.2 Å². The van der Waals surface area contributed by atoms with Crippen LogP contribution in [0.25, 0.3) is 0 Å². The van der Waals surface area contributed by atoms with Gasteiger partial charge in [0.15, 0.2) is 5.78 Å². The summed E-state index contributed by atoms with van der Waals surface area (Å²) < 4.78 is 49.5. The molecule has 5 nitrogen and oxygen atoms in total. The Bertz CT molecular complexity index is 1690. The first-order valence-electron chi connectivity index (χ1n) is 13.2. The molecule has 1 unspecified atom stereocenters. The van der Waals surface area contributed by atoms with Gasteiger partial charge < -0.3 is 10.5 Å². The molecule has 0 amide bonds. The molecule has 0 fully saturated rings. The van der Waals surface area contributed by atoms with Crippen molar-refractivity contribution in [1.29, 1.82) is 5.26 Å². The lowest BCUT2D eigenvalue weighted by atomic mass is 9.74. The molecule has 1 aliphatic carbocycles. The zero-order valence-corrected chi connectivity index (χ0v) is 25.1. The minimum absolute atomic E-state index is 0.0128. The summed E-state index contributed by atoms with van der Waals surface area (Å²) in [6, 6.07) is 16.8. The van der Waals surface area contributed by atoms with Gasteiger partial charge in [0.05, 0.1) is 28.8 Å². The molecular formula is C32H26BrClF3N3O2. The number of allylic oxidation sites excluding steroid dienone is 3. The summed E-state index contributed by atoms with van der Waals surface area (Å²) in [4.78, 5) is 14.8. The fourth-order valence-electron chi connectivity index (χ4n) is 5.68. The van der Waals surface area contributed by atoms with Gasteiger partial charge in [0.1, 0.15) is 18.2 Å². The van der Waals surface area contributed by atoms with E-state index in [0.29, 0.717) is 35.4 Å². The fraction of sp³-hybridized carbons (Fsp3) is 0.250. The molecule has 10 heteroatoms. The maximum absolute atomic E-state index is 14.2. The molecule has 1 heterocycles. The third kappa shape index (κ3) is 5.53. The Labute approximate surface area is 255 Å². The van der Waals surface area contributed by atoms with Gasteiger partial charge in [-0.05, 0) is 91.4 Å². The van der Waals surface area contributed by atoms with E-state index in [0.717, 1.165) is 27.2 Å². The molecule has 216 valence electrons. The highest BCUT2D eigenvalue weighted by Crippen LogP contribution is 2.49. The number of ether oxygens (including phenoxy) is 1. The van der Waals surface area contributed by atoms with Crippen LogP contribution >= 0.6 is 27.5 Å². The standard InChI is InChI=1S/C32H26BrClF3N3O2/c1-17-12-18(2)23(13-19(17)16-42-22-9-6-20(33)7-10-22)29-24(15-38)31(39)40(27-4-3-5-28(41)30(27)29)26-11-8-21(34)14-25(26)32(35,36)37/h6-14,29H,3-5,16,39H2,1-2H3. The second-order valence-corrected chi connectivity index (χ2v) is 11.7. The second kappa shape index (κ2) is 11.5. The number of nitrogens with two attached hydrogens (primary N) is 1. The highest BCUT2D eigenvalue weighted by atomic mass is 79.9. The Balaban J connectivity index is 1.66. The predicted molar refractivity (Wildman–Crippen MR) is 159 cm³/mol. The number of aryl methyl sites for hydroxylation is 2. The van der Waals surface area contributed by atoms with Crippen molar-refractivity contribution >= 4 is 39.0 Å². The molecule has 3 aromatic carbocycles. The molecule has 0 aromatic heterocycles. The van der Waals surface area contributed by atoms with Crippen LogP contribution in [-0.4, -0.2) is 5.78 Å². The first-order chi connectivity index (χ1) is 19.9. The van der Waals surface area contributed by atoms with Gasteiger partial charge in [0.25, 0.3) is 0 Å². The quantitative estimate of drug-likeness (QED) is 0.298. The van der Waals surface area contributed by atoms with Crippen molar-refractivity contribution in [2.75, 3.05) is 4.90 Å². The number of halogens is 5. The minimum atomic E-state index is -4.75. The maximum atomic E-state index is 14.2. The molecule has 0 saturated heterocycles. The van der Waals surface area contributed by atoms with Gasteiger partial charge in [-0.15, -0.1) is 0 Å². The molecular weight excluding hydrogens is 631 g/mol. The molecule has 2 aliphatic rings. The number of rotatable bonds is 5. The lowest BCUT2D eigenvalue weighted by Crippen LogP contribution is -2.39. The van der Waals surface area contributed by atoms with E-state index in [-0.39, 0.29) is 40.9 Å². The number of carbonyl (C=O) groups excluding carboxylic acids is 1. The van der Waals surface area contributed by atoms with E-state index in [1.165, 1.54) is 17.0 Å². The number of anilines is 1. The Hall–Kier alpha value is -3.74. The van der Waals surface area contributed by atoms with Crippen LogP contribution in [0.1, 0.15) is 53.0 Å². The minimum Gasteiger partial charge on any atom is -0.489 e. The lowest BCUT2D eigenvalue weighted by Gasteiger charge is -2.40. The van der Waals surface area contributed by atoms with Crippen LogP contribution in [0.2, 0.25) is 5.02 Å². The van der Waals surface area contributed by atoms with Crippen molar-refractivity contribution in [3.05, 3.63) is 115 Å². The molecule has 2 N–H and O–H groups in total. The first kappa shape index (κ1) is 29.7. The molecule has 1 atom stereocenters. The number of benzene rings is 3. The molecule has 0 spiro atoms. The van der Waals surface area contributed by atoms with E-state index in [9.17, 15) is 23.2 Å². The third-order valence-corrected chi connectivity index (χ3v) is 8.43. The van der Waals surface area contributed by atoms with E-state index < -0.39 is 17.7 Å². The van der Waals surface area contributed by atoms with Crippen molar-refractivity contribution in [2.45, 2.75) is 51.8 Å². The van der Waals surface area contributed by atoms with Crippen LogP contribution in [0.4, 0.5) is 18.9 Å². The summed E-state index contributed by atoms with van der Waals surface area (Å²) >= 11 is 9.35. The van der Waals surface area contributed by atoms with Crippen LogP contribution in [0.5, 0.6) is 5.75 Å². The smallest absolute Gasteiger partial charge is 0.418 e. The summed E-state index contributed by atoms with van der Waals surface area (Å²) in [5.74, 6) is -0.522. The van der Waals surface area contributed by atoms with Gasteiger partial charge in [-0.1, -0.05) is 39.7 Å². The zero-order chi connectivity index (χ0) is 30.3. The number of carbonyl (C=O) groups is 1. The first-order valence-corrected chi connectivity index (χ1v) is 14.4. The number of alkyl halides is 3. The van der Waals surface area contributed by atoms with Gasteiger partial charge in [0, 0.05) is 27.2 Å². The van der Waals surface area contributed by atoms with E-state index in [1.807, 2.05) is 50.2 Å². The predicted octanol–water partition coefficient (Wildman–Crippen LogP) is 8.62. The highest BCUT2D eigenvalue weighted by molar-refractivity contribution is 9.10. The van der Waals surface area contributed by atoms with Crippen LogP contribution in [0.15, 0.2) is 81.7 Å². The number of hydrogen-bond donors (Lipinski definition) is 1. The normalized spacial score (nSPS) is 17.3. The Morgan fingerprint density at radius 2 is 1.81 bits per heavy atom. The van der Waals surface area contributed by atoms with Gasteiger partial charge in [-0.2, -0.15) is 18.4 Å². The SMILES string of the molecule is Cc1cc(C)c(C2C(C#N)=C(N)N(c3ccc(Cl)cc3C(F)(F)F)C3=C2C(=O)CCC3)cc1COc1ccc(Br)cc1. The molecule has 5 rings (SSSR count). The average Bonchev–Trinajstić information content (AvgIpc) is 2.93. The van der Waals surface area contributed by atoms with Crippen molar-refractivity contribution in [3.8, 4) is 11.8 Å². The second-order valence-electron chi connectivity index (χ2n) is 10.4. The molecule has 3 aromatic rings. The van der Waals surface area contributed by atoms with Crippen molar-refractivity contribution < 1.29 is 22.7 Å². The van der Waals surface area contributed by atoms with Crippen LogP contribution in [0.3, 0.4) is 0 Å². The van der Waals surface area contributed by atoms with Gasteiger partial charge in [-0.25, -0.2) is 0 Å². The van der Waals surface area contributed by atoms with E-state index in [2.05, 4.69) is 22.0 Å². The summed E-state index contributed by atoms with van der Waals surface area (Å²) in [5, 5.41) is 10.3. The van der Waals surface area contributed by atoms with Crippen LogP contribution < -0.4 is 15.4 Å². The molecule has 0 radical (unpaired) electrons. The summed E-state index contributed by atoms with van der Waals surface area (Å²) in [7, 11) is 0. The molecule has 1 aliphatic heterocycles. The molecule has 42 heavy (non-hydrogen) atoms. The fourth-order valence-corrected chi connectivity index (χ4v) is 6.11. The zero-order valence-electron chi connectivity index (χ0n) is 22.8. The Morgan fingerprint density at radius 1 is 1.10 bits per heavy atom. The number of nitriles is 1. The highest BCUT2D eigenvalue weighted by Gasteiger charge is 2.43. The van der Waals surface area contributed by atoms with Gasteiger partial charge in [0.2, 0.25) is 0 Å². The Kier molecular flexibility index (Phi) is 8.15. The summed E-state index contributed by atoms with van der Waals surface area (Å²) in [6.45, 7) is 4.07. The lowest BCUT2D eigenvalue weighted by molar-refractivity contribution is -0.137. The monoisotopic (exact) mass is 655 g/mol. The van der Waals surface area contributed by atoms with Gasteiger partial charge in [-0.3, -0.25) is 9.69 Å². The van der Waals surface area contributed by atoms with Crippen molar-refractivity contribution in [1.82, 2.24) is 0 Å². The largest absolute Gasteiger partial charge is 0.489 e. The number of hydrogen-bond acceptors (Lipinski definition) is 5. The Morgan fingerprint density at radius 3 is 2.48 bits per heavy atom. The van der Waals surface area contributed by atoms with Gasteiger partial charge >= 0.3 is 6.18 Å². The summed E-state index contributed by atoms with van der Waals surface area (Å²) in [6.07, 6.45) is -3.76. The summed E-state index contributed by atoms with van der Waals surface area (Å²) in [5.41, 5.74) is 9.28. The molecule has 0 bridgehead atoms. The number of nitrogens with zero attached hydrogens (tertiary/aromatic N) is 2. The molecule has 0 saturated carbocycles. The maximum Gasteiger partial charge on any atom is 0.418 e. The van der Waals surface area contributed by atoms with Crippen molar-refractivity contribution in [3.63, 3.8) is 0 Å². The average molecular weight is 657 g/mol. The van der Waals surface area contributed by atoms with E-state index in [1.54, 1.807) is 0 Å². The topological polar surface area (TPSA) is 79.4 Å². The van der Waals surface area contributed by atoms with E-state index >= 15 is 0 Å². The van der Waals surface area contributed by atoms with Crippen LogP contribution in [-0.2, 0) is 17.6 Å². The van der Waals surface area contributed by atoms with Crippen molar-refractivity contribution in [2.24, 2.45) is 5.73 Å².